The summed E-state index contributed by atoms with van der Waals surface area (Å²) in [5.74, 6) is -0.423. The quantitative estimate of drug-likeness (QED) is 0.175. The first-order valence-electron chi connectivity index (χ1n) is 13.9. The Balaban J connectivity index is 2.41. The van der Waals surface area contributed by atoms with Crippen molar-refractivity contribution in [3.63, 3.8) is 0 Å². The second-order valence-corrected chi connectivity index (χ2v) is 19.7. The molecule has 0 saturated carbocycles. The van der Waals surface area contributed by atoms with Crippen molar-refractivity contribution in [3.05, 3.63) is 17.8 Å². The van der Waals surface area contributed by atoms with Crippen molar-refractivity contribution in [2.45, 2.75) is 122 Å². The number of methoxy groups -OCH3 is 1. The molecule has 0 bridgehead atoms. The van der Waals surface area contributed by atoms with Gasteiger partial charge in [0, 0.05) is 18.8 Å². The molecule has 2 heterocycles. The minimum absolute atomic E-state index is 0.116. The van der Waals surface area contributed by atoms with E-state index >= 15 is 0 Å². The maximum Gasteiger partial charge on any atom is 0.443 e. The molecule has 0 aliphatic carbocycles. The summed E-state index contributed by atoms with van der Waals surface area (Å²) in [6.07, 6.45) is 1.20. The van der Waals surface area contributed by atoms with E-state index in [1.54, 1.807) is 39.8 Å². The summed E-state index contributed by atoms with van der Waals surface area (Å²) in [4.78, 5) is 30.2. The molecule has 1 aliphatic rings. The number of hydrogen-bond acceptors (Lipinski definition) is 8. The third kappa shape index (κ3) is 8.99. The first-order valence-corrected chi connectivity index (χ1v) is 18.3. The lowest BCUT2D eigenvalue weighted by Crippen LogP contribution is -2.41. The summed E-state index contributed by atoms with van der Waals surface area (Å²) >= 11 is 0. The Hall–Kier alpha value is -2.02. The van der Waals surface area contributed by atoms with Crippen molar-refractivity contribution < 1.29 is 32.4 Å². The number of rotatable bonds is 10. The number of ether oxygens (including phenoxy) is 3. The molecule has 12 heteroatoms. The Morgan fingerprint density at radius 1 is 1.20 bits per heavy atom. The summed E-state index contributed by atoms with van der Waals surface area (Å²) in [5.41, 5.74) is -0.198. The zero-order valence-corrected chi connectivity index (χ0v) is 28.0. The van der Waals surface area contributed by atoms with Gasteiger partial charge in [-0.05, 0) is 90.6 Å². The molecule has 2 rings (SSSR count). The van der Waals surface area contributed by atoms with Crippen LogP contribution in [0.4, 0.5) is 4.79 Å². The molecule has 1 aromatic heterocycles. The first kappa shape index (κ1) is 34.2. The van der Waals surface area contributed by atoms with E-state index < -0.39 is 41.9 Å². The summed E-state index contributed by atoms with van der Waals surface area (Å²) in [6.45, 7) is 20.8. The van der Waals surface area contributed by atoms with Crippen LogP contribution in [0.2, 0.25) is 18.1 Å². The Kier molecular flexibility index (Phi) is 11.4. The Morgan fingerprint density at radius 2 is 1.85 bits per heavy atom. The molecule has 1 aliphatic heterocycles. The molecule has 10 nitrogen and oxygen atoms in total. The molecule has 1 fully saturated rings. The molecule has 3 atom stereocenters. The van der Waals surface area contributed by atoms with E-state index in [0.29, 0.717) is 31.6 Å². The molecule has 0 radical (unpaired) electrons. The lowest BCUT2D eigenvalue weighted by molar-refractivity contribution is -0.144. The standard InChI is InChI=1S/C28H49N3O7SSi/c1-20-16-17-23(24(29-20)37-21(2)14-13-19-36-40(10,11)28(6,7)8)39(34,30-26(33)38-27(3,4)5)31-18-12-15-22(31)25(32)35-9/h16-17,21-22H,12-15,18-19H2,1-11H3/t21-,22+,39+/m1/s1. The van der Waals surface area contributed by atoms with Gasteiger partial charge in [0.25, 0.3) is 0 Å². The average Bonchev–Trinajstić information content (AvgIpc) is 3.30. The van der Waals surface area contributed by atoms with Crippen LogP contribution in [0.3, 0.4) is 0 Å². The normalized spacial score (nSPS) is 19.0. The third-order valence-electron chi connectivity index (χ3n) is 7.17. The summed E-state index contributed by atoms with van der Waals surface area (Å²) in [7, 11) is -4.27. The fraction of sp³-hybridized carbons (Fsp3) is 0.750. The van der Waals surface area contributed by atoms with Crippen LogP contribution in [0.5, 0.6) is 5.88 Å². The number of hydrogen-bond donors (Lipinski definition) is 0. The van der Waals surface area contributed by atoms with E-state index in [9.17, 15) is 13.8 Å². The fourth-order valence-corrected chi connectivity index (χ4v) is 7.25. The molecule has 1 amide bonds. The van der Waals surface area contributed by atoms with Crippen LogP contribution in [0.15, 0.2) is 21.4 Å². The Bertz CT molecular complexity index is 1170. The molecular formula is C28H49N3O7SSi. The van der Waals surface area contributed by atoms with Gasteiger partial charge in [0.2, 0.25) is 5.88 Å². The Labute approximate surface area is 241 Å². The van der Waals surface area contributed by atoms with Gasteiger partial charge in [-0.25, -0.2) is 14.0 Å². The van der Waals surface area contributed by atoms with Gasteiger partial charge in [0.05, 0.1) is 13.2 Å². The lowest BCUT2D eigenvalue weighted by Gasteiger charge is -2.36. The largest absolute Gasteiger partial charge is 0.474 e. The smallest absolute Gasteiger partial charge is 0.443 e. The van der Waals surface area contributed by atoms with Crippen molar-refractivity contribution in [2.24, 2.45) is 4.36 Å². The van der Waals surface area contributed by atoms with Crippen molar-refractivity contribution >= 4 is 30.3 Å². The van der Waals surface area contributed by atoms with Crippen molar-refractivity contribution in [1.29, 1.82) is 0 Å². The molecule has 0 spiro atoms. The number of carbonyl (C=O) groups excluding carboxylic acids is 2. The number of pyridine rings is 1. The van der Waals surface area contributed by atoms with Crippen molar-refractivity contribution in [1.82, 2.24) is 9.29 Å². The second-order valence-electron chi connectivity index (χ2n) is 12.8. The number of nitrogens with zero attached hydrogens (tertiary/aromatic N) is 3. The summed E-state index contributed by atoms with van der Waals surface area (Å²) < 4.78 is 43.2. The van der Waals surface area contributed by atoms with Crippen LogP contribution in [0, 0.1) is 6.92 Å². The van der Waals surface area contributed by atoms with Gasteiger partial charge in [0.1, 0.15) is 16.5 Å². The fourth-order valence-electron chi connectivity index (χ4n) is 3.99. The van der Waals surface area contributed by atoms with Crippen molar-refractivity contribution in [3.8, 4) is 5.88 Å². The second kappa shape index (κ2) is 13.3. The SMILES string of the molecule is COC(=O)[C@@H]1CCCN1[S@@](=O)(=NC(=O)OC(C)(C)C)c1ccc(C)nc1O[C@H](C)CCCO[Si](C)(C)C(C)(C)C. The van der Waals surface area contributed by atoms with Crippen LogP contribution in [0.1, 0.15) is 79.8 Å². The van der Waals surface area contributed by atoms with E-state index in [-0.39, 0.29) is 28.5 Å². The molecule has 228 valence electrons. The van der Waals surface area contributed by atoms with Gasteiger partial charge in [-0.2, -0.15) is 4.31 Å². The minimum Gasteiger partial charge on any atom is -0.474 e. The number of aryl methyl sites for hydroxylation is 1. The highest BCUT2D eigenvalue weighted by Crippen LogP contribution is 2.37. The highest BCUT2D eigenvalue weighted by molar-refractivity contribution is 7.91. The molecule has 40 heavy (non-hydrogen) atoms. The lowest BCUT2D eigenvalue weighted by atomic mass is 10.2. The van der Waals surface area contributed by atoms with Crippen molar-refractivity contribution in [2.75, 3.05) is 20.3 Å². The van der Waals surface area contributed by atoms with Gasteiger partial charge in [-0.3, -0.25) is 4.79 Å². The van der Waals surface area contributed by atoms with Crippen LogP contribution < -0.4 is 4.74 Å². The van der Waals surface area contributed by atoms with Gasteiger partial charge < -0.3 is 18.6 Å². The van der Waals surface area contributed by atoms with Gasteiger partial charge in [-0.1, -0.05) is 20.8 Å². The monoisotopic (exact) mass is 599 g/mol. The van der Waals surface area contributed by atoms with Crippen LogP contribution >= 0.6 is 0 Å². The van der Waals surface area contributed by atoms with E-state index in [2.05, 4.69) is 43.2 Å². The predicted molar refractivity (Wildman–Crippen MR) is 158 cm³/mol. The number of esters is 1. The van der Waals surface area contributed by atoms with Gasteiger partial charge >= 0.3 is 12.1 Å². The van der Waals surface area contributed by atoms with E-state index in [0.717, 1.165) is 6.42 Å². The summed E-state index contributed by atoms with van der Waals surface area (Å²) in [5, 5.41) is 0.130. The highest BCUT2D eigenvalue weighted by atomic mass is 32.2. The number of amides is 1. The molecule has 1 saturated heterocycles. The van der Waals surface area contributed by atoms with E-state index in [4.69, 9.17) is 18.6 Å². The van der Waals surface area contributed by atoms with E-state index in [1.807, 2.05) is 6.92 Å². The molecule has 0 aromatic carbocycles. The molecule has 1 aromatic rings. The topological polar surface area (TPSA) is 117 Å². The minimum atomic E-state index is -3.70. The molecule has 0 N–H and O–H groups in total. The first-order chi connectivity index (χ1) is 18.3. The van der Waals surface area contributed by atoms with Crippen LogP contribution in [0.25, 0.3) is 0 Å². The zero-order chi connectivity index (χ0) is 30.5. The number of aromatic nitrogens is 1. The zero-order valence-electron chi connectivity index (χ0n) is 26.2. The Morgan fingerprint density at radius 3 is 2.42 bits per heavy atom. The predicted octanol–water partition coefficient (Wildman–Crippen LogP) is 6.27. The molecule has 0 unspecified atom stereocenters. The van der Waals surface area contributed by atoms with E-state index in [1.165, 1.54) is 11.4 Å². The van der Waals surface area contributed by atoms with Crippen LogP contribution in [-0.4, -0.2) is 71.9 Å². The summed E-state index contributed by atoms with van der Waals surface area (Å²) in [6, 6.07) is 2.46. The number of carbonyl (C=O) groups is 2. The molecular weight excluding hydrogens is 550 g/mol. The van der Waals surface area contributed by atoms with Gasteiger partial charge in [0.15, 0.2) is 18.2 Å². The highest BCUT2D eigenvalue weighted by Gasteiger charge is 2.42. The third-order valence-corrected chi connectivity index (χ3v) is 14.1. The van der Waals surface area contributed by atoms with Crippen LogP contribution in [-0.2, 0) is 28.6 Å². The average molecular weight is 600 g/mol. The maximum absolute atomic E-state index is 14.8. The maximum atomic E-state index is 14.8. The van der Waals surface area contributed by atoms with Gasteiger partial charge in [-0.15, -0.1) is 4.36 Å².